The van der Waals surface area contributed by atoms with Gasteiger partial charge in [-0.25, -0.2) is 4.68 Å². The maximum absolute atomic E-state index is 6.06. The molecule has 2 aromatic rings. The van der Waals surface area contributed by atoms with E-state index in [0.717, 1.165) is 30.3 Å². The Morgan fingerprint density at radius 3 is 2.76 bits per heavy atom. The molecule has 1 saturated carbocycles. The first-order chi connectivity index (χ1) is 10.2. The van der Waals surface area contributed by atoms with E-state index in [-0.39, 0.29) is 0 Å². The predicted molar refractivity (Wildman–Crippen MR) is 83.9 cm³/mol. The van der Waals surface area contributed by atoms with E-state index < -0.39 is 0 Å². The number of rotatable bonds is 4. The number of benzene rings is 1. The highest BCUT2D eigenvalue weighted by molar-refractivity contribution is 6.31. The van der Waals surface area contributed by atoms with Crippen molar-refractivity contribution in [2.45, 2.75) is 45.1 Å². The first-order valence-corrected chi connectivity index (χ1v) is 7.93. The van der Waals surface area contributed by atoms with E-state index in [1.54, 1.807) is 6.07 Å². The Morgan fingerprint density at radius 1 is 1.19 bits per heavy atom. The molecule has 0 bridgehead atoms. The fourth-order valence-electron chi connectivity index (χ4n) is 3.08. The molecule has 2 N–H and O–H groups in total. The highest BCUT2D eigenvalue weighted by atomic mass is 35.5. The van der Waals surface area contributed by atoms with E-state index in [0.29, 0.717) is 10.7 Å². The van der Waals surface area contributed by atoms with Crippen LogP contribution in [0.5, 0.6) is 0 Å². The Hall–Kier alpha value is -1.62. The molecule has 21 heavy (non-hydrogen) atoms. The summed E-state index contributed by atoms with van der Waals surface area (Å²) in [6.45, 7) is 0.847. The number of nitrogen functional groups attached to an aromatic ring is 1. The van der Waals surface area contributed by atoms with Crippen LogP contribution in [0, 0.1) is 5.92 Å². The minimum atomic E-state index is 0.604. The maximum Gasteiger partial charge on any atom is 0.182 e. The van der Waals surface area contributed by atoms with Crippen molar-refractivity contribution >= 4 is 17.3 Å². The van der Waals surface area contributed by atoms with Crippen LogP contribution in [0.3, 0.4) is 0 Å². The van der Waals surface area contributed by atoms with Gasteiger partial charge in [-0.1, -0.05) is 43.7 Å². The van der Waals surface area contributed by atoms with E-state index in [9.17, 15) is 0 Å². The molecular formula is C15H20ClN5. The Labute approximate surface area is 129 Å². The predicted octanol–water partition coefficient (Wildman–Crippen LogP) is 3.55. The summed E-state index contributed by atoms with van der Waals surface area (Å²) in [5, 5.41) is 12.6. The summed E-state index contributed by atoms with van der Waals surface area (Å²) < 4.78 is 1.86. The topological polar surface area (TPSA) is 69.6 Å². The number of nitrogens with two attached hydrogens (primary N) is 1. The van der Waals surface area contributed by atoms with Crippen molar-refractivity contribution in [1.29, 1.82) is 0 Å². The van der Waals surface area contributed by atoms with Gasteiger partial charge in [0.2, 0.25) is 0 Å². The Kier molecular flexibility index (Phi) is 4.39. The third kappa shape index (κ3) is 3.53. The molecule has 1 aromatic heterocycles. The van der Waals surface area contributed by atoms with E-state index in [1.165, 1.54) is 32.1 Å². The van der Waals surface area contributed by atoms with Crippen molar-refractivity contribution in [3.63, 3.8) is 0 Å². The van der Waals surface area contributed by atoms with Gasteiger partial charge >= 0.3 is 0 Å². The minimum Gasteiger partial charge on any atom is -0.399 e. The summed E-state index contributed by atoms with van der Waals surface area (Å²) in [6.07, 6.45) is 7.90. The number of hydrogen-bond donors (Lipinski definition) is 1. The molecule has 6 heteroatoms. The van der Waals surface area contributed by atoms with Gasteiger partial charge < -0.3 is 5.73 Å². The third-order valence-electron chi connectivity index (χ3n) is 4.18. The molecule has 112 valence electrons. The van der Waals surface area contributed by atoms with Crippen LogP contribution in [-0.4, -0.2) is 20.2 Å². The number of aromatic nitrogens is 4. The third-order valence-corrected chi connectivity index (χ3v) is 4.40. The van der Waals surface area contributed by atoms with Gasteiger partial charge in [0, 0.05) is 22.8 Å². The average Bonchev–Trinajstić information content (AvgIpc) is 2.93. The normalized spacial score (nSPS) is 16.2. The van der Waals surface area contributed by atoms with Crippen LogP contribution >= 0.6 is 11.6 Å². The van der Waals surface area contributed by atoms with Gasteiger partial charge in [0.1, 0.15) is 0 Å². The fraction of sp³-hybridized carbons (Fsp3) is 0.533. The van der Waals surface area contributed by atoms with Gasteiger partial charge in [-0.05, 0) is 41.0 Å². The first kappa shape index (κ1) is 14.3. The van der Waals surface area contributed by atoms with E-state index >= 15 is 0 Å². The van der Waals surface area contributed by atoms with Crippen LogP contribution < -0.4 is 5.73 Å². The van der Waals surface area contributed by atoms with Crippen LogP contribution in [-0.2, 0) is 6.54 Å². The van der Waals surface area contributed by atoms with Gasteiger partial charge in [0.05, 0.1) is 0 Å². The smallest absolute Gasteiger partial charge is 0.182 e. The lowest BCUT2D eigenvalue weighted by Crippen LogP contribution is -2.11. The van der Waals surface area contributed by atoms with Crippen LogP contribution in [0.1, 0.15) is 38.5 Å². The zero-order valence-corrected chi connectivity index (χ0v) is 12.8. The number of nitrogens with zero attached hydrogens (tertiary/aromatic N) is 4. The minimum absolute atomic E-state index is 0.604. The second kappa shape index (κ2) is 6.43. The van der Waals surface area contributed by atoms with Crippen molar-refractivity contribution in [3.05, 3.63) is 23.2 Å². The summed E-state index contributed by atoms with van der Waals surface area (Å²) in [6, 6.07) is 5.43. The molecule has 1 fully saturated rings. The zero-order valence-electron chi connectivity index (χ0n) is 12.0. The molecule has 0 aliphatic heterocycles. The highest BCUT2D eigenvalue weighted by Crippen LogP contribution is 2.28. The highest BCUT2D eigenvalue weighted by Gasteiger charge is 2.16. The Morgan fingerprint density at radius 2 is 2.00 bits per heavy atom. The quantitative estimate of drug-likeness (QED) is 0.877. The summed E-state index contributed by atoms with van der Waals surface area (Å²) in [5.41, 5.74) is 7.34. The van der Waals surface area contributed by atoms with Crippen molar-refractivity contribution in [2.75, 3.05) is 5.73 Å². The number of halogens is 1. The molecule has 3 rings (SSSR count). The summed E-state index contributed by atoms with van der Waals surface area (Å²) in [7, 11) is 0. The van der Waals surface area contributed by atoms with Gasteiger partial charge in [0.15, 0.2) is 5.82 Å². The molecule has 1 aromatic carbocycles. The second-order valence-corrected chi connectivity index (χ2v) is 6.23. The van der Waals surface area contributed by atoms with Crippen molar-refractivity contribution in [3.8, 4) is 11.4 Å². The number of aryl methyl sites for hydroxylation is 1. The molecule has 1 heterocycles. The lowest BCUT2D eigenvalue weighted by molar-refractivity contribution is 0.318. The molecule has 0 atom stereocenters. The van der Waals surface area contributed by atoms with E-state index in [2.05, 4.69) is 15.5 Å². The molecular weight excluding hydrogens is 286 g/mol. The number of tetrazole rings is 1. The largest absolute Gasteiger partial charge is 0.399 e. The van der Waals surface area contributed by atoms with E-state index in [4.69, 9.17) is 17.3 Å². The second-order valence-electron chi connectivity index (χ2n) is 5.79. The fourth-order valence-corrected chi connectivity index (χ4v) is 3.33. The average molecular weight is 306 g/mol. The lowest BCUT2D eigenvalue weighted by atomic mass is 9.87. The number of hydrogen-bond acceptors (Lipinski definition) is 4. The van der Waals surface area contributed by atoms with Crippen molar-refractivity contribution < 1.29 is 0 Å². The molecule has 0 spiro atoms. The van der Waals surface area contributed by atoms with Crippen LogP contribution in [0.25, 0.3) is 11.4 Å². The van der Waals surface area contributed by atoms with Gasteiger partial charge in [-0.15, -0.1) is 5.10 Å². The summed E-state index contributed by atoms with van der Waals surface area (Å²) >= 11 is 6.06. The monoisotopic (exact) mass is 305 g/mol. The SMILES string of the molecule is Nc1cc(Cl)cc(-c2nnnn2CCC2CCCCC2)c1. The molecule has 5 nitrogen and oxygen atoms in total. The van der Waals surface area contributed by atoms with Gasteiger partial charge in [-0.3, -0.25) is 0 Å². The molecule has 0 amide bonds. The van der Waals surface area contributed by atoms with Crippen molar-refractivity contribution in [1.82, 2.24) is 20.2 Å². The summed E-state index contributed by atoms with van der Waals surface area (Å²) in [4.78, 5) is 0. The molecule has 0 saturated heterocycles. The molecule has 1 aliphatic rings. The maximum atomic E-state index is 6.06. The van der Waals surface area contributed by atoms with Crippen LogP contribution in [0.15, 0.2) is 18.2 Å². The lowest BCUT2D eigenvalue weighted by Gasteiger charge is -2.21. The Bertz CT molecular complexity index is 584. The van der Waals surface area contributed by atoms with Gasteiger partial charge in [-0.2, -0.15) is 0 Å². The Balaban J connectivity index is 1.74. The van der Waals surface area contributed by atoms with Crippen molar-refractivity contribution in [2.24, 2.45) is 5.92 Å². The summed E-state index contributed by atoms with van der Waals surface area (Å²) in [5.74, 6) is 1.54. The van der Waals surface area contributed by atoms with Gasteiger partial charge in [0.25, 0.3) is 0 Å². The molecule has 1 aliphatic carbocycles. The van der Waals surface area contributed by atoms with Crippen LogP contribution in [0.2, 0.25) is 5.02 Å². The molecule has 0 radical (unpaired) electrons. The zero-order chi connectivity index (χ0) is 14.7. The number of anilines is 1. The first-order valence-electron chi connectivity index (χ1n) is 7.55. The van der Waals surface area contributed by atoms with Crippen LogP contribution in [0.4, 0.5) is 5.69 Å². The standard InChI is InChI=1S/C15H20ClN5/c16-13-8-12(9-14(17)10-13)15-18-19-20-21(15)7-6-11-4-2-1-3-5-11/h8-11H,1-7,17H2. The van der Waals surface area contributed by atoms with E-state index in [1.807, 2.05) is 16.8 Å². The molecule has 0 unspecified atom stereocenters.